The molecule has 1 fully saturated rings. The first-order chi connectivity index (χ1) is 14.7. The maximum Gasteiger partial charge on any atom is 0.271 e. The molecule has 161 valence electrons. The van der Waals surface area contributed by atoms with Crippen LogP contribution < -0.4 is 10.1 Å². The first-order valence-corrected chi connectivity index (χ1v) is 12.0. The van der Waals surface area contributed by atoms with E-state index in [1.165, 1.54) is 24.3 Å². The standard InChI is InChI=1S/C20H15F2N2O4S3/c21-12-3-8-16(15(22)9-12)28-18(19(25)24-20-23-17(29)10-30-20)11-1-4-13(5-2-11)31(26,27)14-6-7-14/h1-5,8-10,14,18H,6-7H2,(H,23,24,25). The number of carbonyl (C=O) groups excluding carboxylic acids is 1. The zero-order valence-corrected chi connectivity index (χ0v) is 18.2. The zero-order valence-electron chi connectivity index (χ0n) is 15.7. The minimum Gasteiger partial charge on any atom is -0.473 e. The van der Waals surface area contributed by atoms with E-state index in [4.69, 9.17) is 17.4 Å². The number of halogens is 2. The molecular weight excluding hydrogens is 466 g/mol. The van der Waals surface area contributed by atoms with Gasteiger partial charge in [-0.1, -0.05) is 24.8 Å². The second-order valence-corrected chi connectivity index (χ2v) is 10.4. The van der Waals surface area contributed by atoms with Gasteiger partial charge in [-0.2, -0.15) is 0 Å². The van der Waals surface area contributed by atoms with Gasteiger partial charge in [0.1, 0.15) is 10.8 Å². The molecule has 1 saturated carbocycles. The lowest BCUT2D eigenvalue weighted by Crippen LogP contribution is -2.26. The van der Waals surface area contributed by atoms with Gasteiger partial charge in [0.2, 0.25) is 6.10 Å². The summed E-state index contributed by atoms with van der Waals surface area (Å²) in [6, 6.07) is 8.35. The third kappa shape index (κ3) is 4.83. The summed E-state index contributed by atoms with van der Waals surface area (Å²) in [6.45, 7) is 0. The number of nitrogens with one attached hydrogen (secondary N) is 1. The molecular formula is C20H15F2N2O4S3. The minimum atomic E-state index is -3.41. The molecule has 1 radical (unpaired) electrons. The quantitative estimate of drug-likeness (QED) is 0.530. The number of carbonyl (C=O) groups is 1. The van der Waals surface area contributed by atoms with Crippen molar-refractivity contribution in [1.82, 2.24) is 4.98 Å². The molecule has 1 aliphatic rings. The maximum atomic E-state index is 14.1. The molecule has 1 atom stereocenters. The molecule has 4 rings (SSSR count). The molecule has 0 bridgehead atoms. The van der Waals surface area contributed by atoms with Gasteiger partial charge in [0.25, 0.3) is 5.91 Å². The van der Waals surface area contributed by atoms with Gasteiger partial charge in [-0.05, 0) is 37.1 Å². The number of rotatable bonds is 7. The predicted molar refractivity (Wildman–Crippen MR) is 113 cm³/mol. The predicted octanol–water partition coefficient (Wildman–Crippen LogP) is 4.67. The molecule has 1 aromatic heterocycles. The lowest BCUT2D eigenvalue weighted by molar-refractivity contribution is -0.123. The van der Waals surface area contributed by atoms with Crippen LogP contribution in [-0.2, 0) is 14.6 Å². The number of benzene rings is 2. The van der Waals surface area contributed by atoms with Crippen molar-refractivity contribution >= 4 is 44.8 Å². The highest BCUT2D eigenvalue weighted by Crippen LogP contribution is 2.34. The van der Waals surface area contributed by atoms with E-state index in [0.29, 0.717) is 23.9 Å². The van der Waals surface area contributed by atoms with Gasteiger partial charge in [-0.3, -0.25) is 10.1 Å². The Hall–Kier alpha value is -2.63. The number of anilines is 1. The van der Waals surface area contributed by atoms with E-state index in [-0.39, 0.29) is 26.6 Å². The Labute approximate surface area is 186 Å². The summed E-state index contributed by atoms with van der Waals surface area (Å²) in [4.78, 5) is 17.0. The van der Waals surface area contributed by atoms with Crippen molar-refractivity contribution in [3.63, 3.8) is 0 Å². The van der Waals surface area contributed by atoms with E-state index in [1.807, 2.05) is 0 Å². The van der Waals surface area contributed by atoms with Gasteiger partial charge in [0.05, 0.1) is 10.1 Å². The van der Waals surface area contributed by atoms with Crippen LogP contribution in [0.3, 0.4) is 0 Å². The Morgan fingerprint density at radius 3 is 2.48 bits per heavy atom. The van der Waals surface area contributed by atoms with Crippen molar-refractivity contribution < 1.29 is 26.7 Å². The van der Waals surface area contributed by atoms with Crippen LogP contribution in [-0.4, -0.2) is 24.6 Å². The molecule has 1 amide bonds. The molecule has 0 aliphatic heterocycles. The maximum absolute atomic E-state index is 14.1. The molecule has 1 aliphatic carbocycles. The molecule has 0 saturated heterocycles. The van der Waals surface area contributed by atoms with E-state index in [1.54, 1.807) is 5.38 Å². The van der Waals surface area contributed by atoms with Crippen molar-refractivity contribution in [1.29, 1.82) is 0 Å². The summed E-state index contributed by atoms with van der Waals surface area (Å²) in [5, 5.41) is 4.27. The number of aromatic nitrogens is 1. The van der Waals surface area contributed by atoms with Crippen molar-refractivity contribution in [3.05, 3.63) is 65.0 Å². The highest BCUT2D eigenvalue weighted by Gasteiger charge is 2.37. The summed E-state index contributed by atoms with van der Waals surface area (Å²) in [7, 11) is -3.41. The van der Waals surface area contributed by atoms with E-state index < -0.39 is 33.5 Å². The molecule has 1 heterocycles. The summed E-state index contributed by atoms with van der Waals surface area (Å²) in [6.07, 6.45) is -0.100. The first-order valence-electron chi connectivity index (χ1n) is 9.13. The smallest absolute Gasteiger partial charge is 0.271 e. The zero-order chi connectivity index (χ0) is 22.2. The van der Waals surface area contributed by atoms with Crippen LogP contribution in [0, 0.1) is 11.6 Å². The second-order valence-electron chi connectivity index (χ2n) is 6.87. The third-order valence-electron chi connectivity index (χ3n) is 4.56. The summed E-state index contributed by atoms with van der Waals surface area (Å²) in [5.41, 5.74) is 0.283. The summed E-state index contributed by atoms with van der Waals surface area (Å²) < 4.78 is 57.7. The number of ether oxygens (including phenoxy) is 1. The molecule has 31 heavy (non-hydrogen) atoms. The fourth-order valence-corrected chi connectivity index (χ4v) is 5.39. The number of hydrogen-bond donors (Lipinski definition) is 1. The Balaban J connectivity index is 1.64. The van der Waals surface area contributed by atoms with Crippen molar-refractivity contribution in [2.75, 3.05) is 5.32 Å². The van der Waals surface area contributed by atoms with Crippen LogP contribution in [0.2, 0.25) is 0 Å². The molecule has 2 aromatic carbocycles. The molecule has 3 aromatic rings. The van der Waals surface area contributed by atoms with Crippen LogP contribution in [0.1, 0.15) is 24.5 Å². The average Bonchev–Trinajstić information content (AvgIpc) is 3.51. The van der Waals surface area contributed by atoms with E-state index in [9.17, 15) is 22.0 Å². The van der Waals surface area contributed by atoms with Crippen LogP contribution >= 0.6 is 24.0 Å². The normalized spacial score (nSPS) is 14.8. The number of amides is 1. The number of thiazole rings is 1. The van der Waals surface area contributed by atoms with Gasteiger partial charge in [0.15, 0.2) is 26.5 Å². The number of sulfone groups is 1. The fourth-order valence-electron chi connectivity index (χ4n) is 2.86. The van der Waals surface area contributed by atoms with Crippen molar-refractivity contribution in [3.8, 4) is 5.75 Å². The van der Waals surface area contributed by atoms with Gasteiger partial charge in [0, 0.05) is 17.0 Å². The highest BCUT2D eigenvalue weighted by molar-refractivity contribution is 7.92. The molecule has 6 nitrogen and oxygen atoms in total. The summed E-state index contributed by atoms with van der Waals surface area (Å²) >= 11 is 6.04. The Bertz CT molecular complexity index is 1230. The monoisotopic (exact) mass is 481 g/mol. The van der Waals surface area contributed by atoms with Gasteiger partial charge >= 0.3 is 0 Å². The largest absolute Gasteiger partial charge is 0.473 e. The fraction of sp³-hybridized carbons (Fsp3) is 0.200. The second kappa shape index (κ2) is 8.48. The first kappa shape index (κ1) is 21.6. The number of nitrogens with zero attached hydrogens (tertiary/aromatic N) is 1. The van der Waals surface area contributed by atoms with Crippen LogP contribution in [0.4, 0.5) is 13.9 Å². The SMILES string of the molecule is O=C(Nc1nc([S])cs1)C(Oc1ccc(F)cc1F)c1ccc(S(=O)(=O)C2CC2)cc1. The van der Waals surface area contributed by atoms with E-state index in [2.05, 4.69) is 10.3 Å². The van der Waals surface area contributed by atoms with E-state index in [0.717, 1.165) is 23.5 Å². The topological polar surface area (TPSA) is 85.4 Å². The highest BCUT2D eigenvalue weighted by atomic mass is 32.2. The average molecular weight is 482 g/mol. The molecule has 1 unspecified atom stereocenters. The van der Waals surface area contributed by atoms with Crippen LogP contribution in [0.15, 0.2) is 57.8 Å². The Morgan fingerprint density at radius 1 is 1.19 bits per heavy atom. The van der Waals surface area contributed by atoms with Gasteiger partial charge in [-0.15, -0.1) is 11.3 Å². The van der Waals surface area contributed by atoms with E-state index >= 15 is 0 Å². The van der Waals surface area contributed by atoms with Gasteiger partial charge < -0.3 is 4.74 Å². The summed E-state index contributed by atoms with van der Waals surface area (Å²) in [5.74, 6) is -2.78. The minimum absolute atomic E-state index is 0.140. The third-order valence-corrected chi connectivity index (χ3v) is 7.96. The lowest BCUT2D eigenvalue weighted by atomic mass is 10.1. The number of hydrogen-bond acceptors (Lipinski definition) is 6. The molecule has 11 heteroatoms. The van der Waals surface area contributed by atoms with Crippen LogP contribution in [0.5, 0.6) is 5.75 Å². The molecule has 0 spiro atoms. The van der Waals surface area contributed by atoms with Crippen LogP contribution in [0.25, 0.3) is 0 Å². The van der Waals surface area contributed by atoms with Crippen molar-refractivity contribution in [2.24, 2.45) is 0 Å². The molecule has 1 N–H and O–H groups in total. The Kier molecular flexibility index (Phi) is 5.91. The van der Waals surface area contributed by atoms with Crippen molar-refractivity contribution in [2.45, 2.75) is 34.1 Å². The van der Waals surface area contributed by atoms with Gasteiger partial charge in [-0.25, -0.2) is 22.2 Å². The Morgan fingerprint density at radius 2 is 1.90 bits per heavy atom. The lowest BCUT2D eigenvalue weighted by Gasteiger charge is -2.19.